The van der Waals surface area contributed by atoms with Gasteiger partial charge in [-0.25, -0.2) is 0 Å². The summed E-state index contributed by atoms with van der Waals surface area (Å²) in [6.45, 7) is 1.29. The summed E-state index contributed by atoms with van der Waals surface area (Å²) in [7, 11) is 0. The van der Waals surface area contributed by atoms with E-state index in [1.54, 1.807) is 4.68 Å². The van der Waals surface area contributed by atoms with E-state index in [2.05, 4.69) is 20.8 Å². The Bertz CT molecular complexity index is 897. The molecule has 0 aliphatic carbocycles. The molecule has 2 heterocycles. The van der Waals surface area contributed by atoms with Gasteiger partial charge in [-0.05, 0) is 41.0 Å². The van der Waals surface area contributed by atoms with Crippen molar-refractivity contribution in [1.82, 2.24) is 25.5 Å². The zero-order valence-electron chi connectivity index (χ0n) is 15.3. The van der Waals surface area contributed by atoms with E-state index in [0.717, 1.165) is 30.7 Å². The maximum absolute atomic E-state index is 13.0. The van der Waals surface area contributed by atoms with Crippen LogP contribution in [0.25, 0.3) is 5.69 Å². The van der Waals surface area contributed by atoms with Crippen molar-refractivity contribution < 1.29 is 9.53 Å². The topological polar surface area (TPSA) is 81.9 Å². The zero-order chi connectivity index (χ0) is 19.2. The van der Waals surface area contributed by atoms with Crippen LogP contribution in [0.4, 0.5) is 0 Å². The summed E-state index contributed by atoms with van der Waals surface area (Å²) < 4.78 is 7.26. The van der Waals surface area contributed by atoms with Crippen LogP contribution in [0.5, 0.6) is 0 Å². The molecule has 1 aliphatic rings. The van der Waals surface area contributed by atoms with Gasteiger partial charge in [0.2, 0.25) is 11.1 Å². The number of aromatic nitrogens is 4. The number of para-hydroxylation sites is 1. The molecular weight excluding hydrogens is 374 g/mol. The summed E-state index contributed by atoms with van der Waals surface area (Å²) in [6.07, 6.45) is 2.12. The fraction of sp³-hybridized carbons (Fsp3) is 0.300. The van der Waals surface area contributed by atoms with Crippen LogP contribution in [-0.4, -0.2) is 45.4 Å². The molecule has 0 unspecified atom stereocenters. The molecule has 0 bridgehead atoms. The van der Waals surface area contributed by atoms with Crippen molar-refractivity contribution in [2.75, 3.05) is 13.2 Å². The monoisotopic (exact) mass is 395 g/mol. The maximum atomic E-state index is 13.0. The van der Waals surface area contributed by atoms with Gasteiger partial charge in [0, 0.05) is 13.2 Å². The molecule has 1 saturated heterocycles. The van der Waals surface area contributed by atoms with E-state index in [1.807, 2.05) is 60.7 Å². The van der Waals surface area contributed by atoms with Gasteiger partial charge in [0.15, 0.2) is 0 Å². The highest BCUT2D eigenvalue weighted by molar-refractivity contribution is 8.00. The van der Waals surface area contributed by atoms with Crippen LogP contribution in [0.2, 0.25) is 0 Å². The van der Waals surface area contributed by atoms with Crippen molar-refractivity contribution in [1.29, 1.82) is 0 Å². The maximum Gasteiger partial charge on any atom is 0.238 e. The number of ether oxygens (including phenoxy) is 1. The number of hydrogen-bond donors (Lipinski definition) is 1. The summed E-state index contributed by atoms with van der Waals surface area (Å²) in [5, 5.41) is 15.2. The first-order chi connectivity index (χ1) is 13.8. The number of carbonyl (C=O) groups excluding carboxylic acids is 1. The van der Waals surface area contributed by atoms with Crippen molar-refractivity contribution in [3.63, 3.8) is 0 Å². The summed E-state index contributed by atoms with van der Waals surface area (Å²) in [5.74, 6) is -0.0747. The molecule has 1 aliphatic heterocycles. The molecule has 3 aromatic rings. The van der Waals surface area contributed by atoms with Crippen LogP contribution in [0.15, 0.2) is 65.8 Å². The van der Waals surface area contributed by atoms with Crippen molar-refractivity contribution in [3.05, 3.63) is 66.2 Å². The lowest BCUT2D eigenvalue weighted by Crippen LogP contribution is -2.34. The van der Waals surface area contributed by atoms with Crippen LogP contribution in [-0.2, 0) is 9.53 Å². The average molecular weight is 395 g/mol. The van der Waals surface area contributed by atoms with Gasteiger partial charge in [0.05, 0.1) is 11.8 Å². The molecule has 1 N–H and O–H groups in total. The predicted octanol–water partition coefficient (Wildman–Crippen LogP) is 2.79. The van der Waals surface area contributed by atoms with Crippen molar-refractivity contribution in [2.24, 2.45) is 0 Å². The molecule has 2 aromatic carbocycles. The molecule has 0 spiro atoms. The summed E-state index contributed by atoms with van der Waals surface area (Å²) in [5.41, 5.74) is 1.75. The average Bonchev–Trinajstić information content (AvgIpc) is 3.43. The number of benzene rings is 2. The number of amides is 1. The first-order valence-electron chi connectivity index (χ1n) is 9.26. The van der Waals surface area contributed by atoms with Gasteiger partial charge in [-0.2, -0.15) is 4.68 Å². The second kappa shape index (κ2) is 8.99. The molecule has 1 amide bonds. The normalized spacial score (nSPS) is 17.4. The first kappa shape index (κ1) is 18.6. The molecule has 4 rings (SSSR count). The highest BCUT2D eigenvalue weighted by Crippen LogP contribution is 2.34. The van der Waals surface area contributed by atoms with E-state index in [1.165, 1.54) is 11.8 Å². The number of tetrazole rings is 1. The summed E-state index contributed by atoms with van der Waals surface area (Å²) in [4.78, 5) is 13.0. The second-order valence-corrected chi connectivity index (χ2v) is 7.57. The number of hydrogen-bond acceptors (Lipinski definition) is 6. The Balaban J connectivity index is 1.55. The van der Waals surface area contributed by atoms with E-state index in [9.17, 15) is 4.79 Å². The number of thioether (sulfide) groups is 1. The van der Waals surface area contributed by atoms with Crippen LogP contribution in [0.3, 0.4) is 0 Å². The van der Waals surface area contributed by atoms with E-state index in [4.69, 9.17) is 4.74 Å². The van der Waals surface area contributed by atoms with Gasteiger partial charge >= 0.3 is 0 Å². The minimum Gasteiger partial charge on any atom is -0.376 e. The van der Waals surface area contributed by atoms with Crippen molar-refractivity contribution in [3.8, 4) is 5.69 Å². The Labute approximate surface area is 167 Å². The molecule has 1 aromatic heterocycles. The molecule has 1 fully saturated rings. The van der Waals surface area contributed by atoms with Crippen LogP contribution >= 0.6 is 11.8 Å². The standard InChI is InChI=1S/C20H21N5O2S/c26-19(21-14-17-12-7-13-27-17)18(15-8-3-1-4-9-15)28-20-22-23-24-25(20)16-10-5-2-6-11-16/h1-6,8-11,17-18H,7,12-14H2,(H,21,26)/t17-,18-/m1/s1. The Morgan fingerprint density at radius 2 is 1.93 bits per heavy atom. The summed E-state index contributed by atoms with van der Waals surface area (Å²) in [6, 6.07) is 19.3. The third-order valence-corrected chi connectivity index (χ3v) is 5.72. The third-order valence-electron chi connectivity index (χ3n) is 4.53. The van der Waals surface area contributed by atoms with Gasteiger partial charge in [-0.15, -0.1) is 5.10 Å². The Morgan fingerprint density at radius 3 is 2.64 bits per heavy atom. The summed E-state index contributed by atoms with van der Waals surface area (Å²) >= 11 is 1.33. The molecule has 28 heavy (non-hydrogen) atoms. The second-order valence-electron chi connectivity index (χ2n) is 6.50. The van der Waals surface area contributed by atoms with E-state index in [-0.39, 0.29) is 12.0 Å². The Kier molecular flexibility index (Phi) is 5.98. The lowest BCUT2D eigenvalue weighted by Gasteiger charge is -2.18. The smallest absolute Gasteiger partial charge is 0.238 e. The molecule has 7 nitrogen and oxygen atoms in total. The number of rotatable bonds is 7. The lowest BCUT2D eigenvalue weighted by atomic mass is 10.1. The van der Waals surface area contributed by atoms with Gasteiger partial charge in [-0.1, -0.05) is 60.3 Å². The fourth-order valence-corrected chi connectivity index (χ4v) is 4.12. The van der Waals surface area contributed by atoms with E-state index < -0.39 is 5.25 Å². The highest BCUT2D eigenvalue weighted by atomic mass is 32.2. The Morgan fingerprint density at radius 1 is 1.18 bits per heavy atom. The minimum absolute atomic E-state index is 0.0747. The van der Waals surface area contributed by atoms with Crippen LogP contribution in [0, 0.1) is 0 Å². The quantitative estimate of drug-likeness (QED) is 0.620. The number of nitrogens with one attached hydrogen (secondary N) is 1. The molecule has 144 valence electrons. The van der Waals surface area contributed by atoms with Crippen molar-refractivity contribution in [2.45, 2.75) is 29.4 Å². The zero-order valence-corrected chi connectivity index (χ0v) is 16.1. The van der Waals surface area contributed by atoms with E-state index in [0.29, 0.717) is 11.7 Å². The lowest BCUT2D eigenvalue weighted by molar-refractivity contribution is -0.121. The minimum atomic E-state index is -0.462. The van der Waals surface area contributed by atoms with Gasteiger partial charge < -0.3 is 10.1 Å². The van der Waals surface area contributed by atoms with Crippen LogP contribution < -0.4 is 5.32 Å². The predicted molar refractivity (Wildman–Crippen MR) is 106 cm³/mol. The molecular formula is C20H21N5O2S. The van der Waals surface area contributed by atoms with Gasteiger partial charge in [0.25, 0.3) is 0 Å². The van der Waals surface area contributed by atoms with E-state index >= 15 is 0 Å². The highest BCUT2D eigenvalue weighted by Gasteiger charge is 2.26. The fourth-order valence-electron chi connectivity index (χ4n) is 3.10. The van der Waals surface area contributed by atoms with Gasteiger partial charge in [-0.3, -0.25) is 4.79 Å². The molecule has 8 heteroatoms. The molecule has 2 atom stereocenters. The number of nitrogens with zero attached hydrogens (tertiary/aromatic N) is 4. The first-order valence-corrected chi connectivity index (χ1v) is 10.1. The van der Waals surface area contributed by atoms with Crippen molar-refractivity contribution >= 4 is 17.7 Å². The SMILES string of the molecule is O=C(NC[C@H]1CCCO1)[C@H](Sc1nnnn1-c1ccccc1)c1ccccc1. The van der Waals surface area contributed by atoms with Crippen LogP contribution in [0.1, 0.15) is 23.7 Å². The molecule has 0 saturated carbocycles. The largest absolute Gasteiger partial charge is 0.376 e. The number of carbonyl (C=O) groups is 1. The third kappa shape index (κ3) is 4.40. The molecule has 0 radical (unpaired) electrons. The Hall–Kier alpha value is -2.71. The van der Waals surface area contributed by atoms with Gasteiger partial charge in [0.1, 0.15) is 5.25 Å².